The number of carbonyl (C=O) groups is 2. The van der Waals surface area contributed by atoms with E-state index in [1.54, 1.807) is 6.92 Å². The molecule has 2 amide bonds. The molecule has 0 bridgehead atoms. The molecular weight excluding hydrogens is 340 g/mol. The van der Waals surface area contributed by atoms with Crippen molar-refractivity contribution in [3.63, 3.8) is 0 Å². The Morgan fingerprint density at radius 3 is 2.41 bits per heavy atom. The third-order valence-corrected chi connectivity index (χ3v) is 4.52. The molecule has 0 spiro atoms. The Bertz CT molecular complexity index is 716. The quantitative estimate of drug-likeness (QED) is 0.690. The SMILES string of the molecule is CC(C)=CCCC(C)=CCOc1ccc(C[C@@H]2NC(=O)[C@H](C)NC2=O)cc1. The minimum Gasteiger partial charge on any atom is -0.490 e. The molecule has 0 aliphatic carbocycles. The van der Waals surface area contributed by atoms with E-state index in [4.69, 9.17) is 4.74 Å². The number of allylic oxidation sites excluding steroid dienone is 3. The van der Waals surface area contributed by atoms with Crippen LogP contribution in [0.2, 0.25) is 0 Å². The third-order valence-electron chi connectivity index (χ3n) is 4.52. The molecule has 2 rings (SSSR count). The van der Waals surface area contributed by atoms with Gasteiger partial charge in [0, 0.05) is 6.42 Å². The lowest BCUT2D eigenvalue weighted by atomic mass is 10.0. The van der Waals surface area contributed by atoms with Crippen molar-refractivity contribution in [3.05, 3.63) is 53.1 Å². The van der Waals surface area contributed by atoms with E-state index in [1.807, 2.05) is 24.3 Å². The van der Waals surface area contributed by atoms with Crippen molar-refractivity contribution in [2.75, 3.05) is 6.61 Å². The van der Waals surface area contributed by atoms with Gasteiger partial charge in [-0.15, -0.1) is 0 Å². The van der Waals surface area contributed by atoms with Crippen LogP contribution in [0.5, 0.6) is 5.75 Å². The molecule has 1 saturated heterocycles. The average Bonchev–Trinajstić information content (AvgIpc) is 2.61. The van der Waals surface area contributed by atoms with Gasteiger partial charge in [-0.1, -0.05) is 29.4 Å². The van der Waals surface area contributed by atoms with Crippen LogP contribution in [0.15, 0.2) is 47.6 Å². The molecule has 1 heterocycles. The normalized spacial score (nSPS) is 19.9. The fraction of sp³-hybridized carbons (Fsp3) is 0.455. The number of hydrogen-bond acceptors (Lipinski definition) is 3. The van der Waals surface area contributed by atoms with Crippen molar-refractivity contribution in [1.29, 1.82) is 0 Å². The zero-order valence-electron chi connectivity index (χ0n) is 16.7. The molecule has 0 saturated carbocycles. The smallest absolute Gasteiger partial charge is 0.243 e. The van der Waals surface area contributed by atoms with E-state index in [0.29, 0.717) is 13.0 Å². The zero-order valence-corrected chi connectivity index (χ0v) is 16.7. The number of benzene rings is 1. The summed E-state index contributed by atoms with van der Waals surface area (Å²) in [7, 11) is 0. The second-order valence-electron chi connectivity index (χ2n) is 7.32. The Morgan fingerprint density at radius 2 is 1.74 bits per heavy atom. The van der Waals surface area contributed by atoms with Crippen LogP contribution in [0.25, 0.3) is 0 Å². The summed E-state index contributed by atoms with van der Waals surface area (Å²) >= 11 is 0. The molecule has 5 heteroatoms. The zero-order chi connectivity index (χ0) is 19.8. The Labute approximate surface area is 161 Å². The first-order chi connectivity index (χ1) is 12.8. The van der Waals surface area contributed by atoms with E-state index in [0.717, 1.165) is 24.2 Å². The van der Waals surface area contributed by atoms with E-state index in [9.17, 15) is 9.59 Å². The summed E-state index contributed by atoms with van der Waals surface area (Å²) in [5.41, 5.74) is 3.64. The maximum Gasteiger partial charge on any atom is 0.243 e. The lowest BCUT2D eigenvalue weighted by Crippen LogP contribution is -2.61. The highest BCUT2D eigenvalue weighted by Crippen LogP contribution is 2.15. The van der Waals surface area contributed by atoms with Gasteiger partial charge in [0.25, 0.3) is 0 Å². The van der Waals surface area contributed by atoms with Gasteiger partial charge < -0.3 is 15.4 Å². The predicted octanol–water partition coefficient (Wildman–Crippen LogP) is 3.30. The Morgan fingerprint density at radius 1 is 1.04 bits per heavy atom. The summed E-state index contributed by atoms with van der Waals surface area (Å²) in [4.78, 5) is 23.7. The predicted molar refractivity (Wildman–Crippen MR) is 108 cm³/mol. The Kier molecular flexibility index (Phi) is 7.65. The van der Waals surface area contributed by atoms with Gasteiger partial charge in [0.05, 0.1) is 0 Å². The van der Waals surface area contributed by atoms with Crippen molar-refractivity contribution < 1.29 is 14.3 Å². The van der Waals surface area contributed by atoms with Gasteiger partial charge in [0.1, 0.15) is 24.4 Å². The van der Waals surface area contributed by atoms with Crippen LogP contribution < -0.4 is 15.4 Å². The number of carbonyl (C=O) groups excluding carboxylic acids is 2. The van der Waals surface area contributed by atoms with E-state index >= 15 is 0 Å². The summed E-state index contributed by atoms with van der Waals surface area (Å²) in [6.45, 7) is 8.56. The lowest BCUT2D eigenvalue weighted by molar-refractivity contribution is -0.136. The molecule has 1 aromatic rings. The lowest BCUT2D eigenvalue weighted by Gasteiger charge is -2.27. The number of piperazine rings is 1. The second-order valence-corrected chi connectivity index (χ2v) is 7.32. The molecule has 5 nitrogen and oxygen atoms in total. The number of hydrogen-bond donors (Lipinski definition) is 2. The number of nitrogens with one attached hydrogen (secondary N) is 2. The van der Waals surface area contributed by atoms with Crippen molar-refractivity contribution in [2.45, 2.75) is 59.0 Å². The monoisotopic (exact) mass is 370 g/mol. The van der Waals surface area contributed by atoms with Crippen LogP contribution in [0.3, 0.4) is 0 Å². The average molecular weight is 370 g/mol. The van der Waals surface area contributed by atoms with Gasteiger partial charge in [-0.2, -0.15) is 0 Å². The van der Waals surface area contributed by atoms with Crippen LogP contribution in [0, 0.1) is 0 Å². The van der Waals surface area contributed by atoms with Gasteiger partial charge >= 0.3 is 0 Å². The molecule has 1 fully saturated rings. The first-order valence-corrected chi connectivity index (χ1v) is 9.46. The van der Waals surface area contributed by atoms with Gasteiger partial charge in [0.2, 0.25) is 11.8 Å². The highest BCUT2D eigenvalue weighted by atomic mass is 16.5. The van der Waals surface area contributed by atoms with Gasteiger partial charge in [0.15, 0.2) is 0 Å². The van der Waals surface area contributed by atoms with Crippen molar-refractivity contribution >= 4 is 11.8 Å². The van der Waals surface area contributed by atoms with Gasteiger partial charge in [-0.25, -0.2) is 0 Å². The van der Waals surface area contributed by atoms with Crippen LogP contribution in [-0.2, 0) is 16.0 Å². The largest absolute Gasteiger partial charge is 0.490 e. The molecule has 0 unspecified atom stereocenters. The van der Waals surface area contributed by atoms with E-state index in [-0.39, 0.29) is 11.8 Å². The molecule has 0 aromatic heterocycles. The van der Waals surface area contributed by atoms with Crippen LogP contribution in [-0.4, -0.2) is 30.5 Å². The van der Waals surface area contributed by atoms with E-state index in [2.05, 4.69) is 43.6 Å². The van der Waals surface area contributed by atoms with Crippen molar-refractivity contribution in [1.82, 2.24) is 10.6 Å². The molecular formula is C22H30N2O3. The fourth-order valence-electron chi connectivity index (χ4n) is 2.81. The molecule has 1 aliphatic rings. The molecule has 27 heavy (non-hydrogen) atoms. The summed E-state index contributed by atoms with van der Waals surface area (Å²) in [6.07, 6.45) is 6.92. The number of amides is 2. The van der Waals surface area contributed by atoms with Gasteiger partial charge in [-0.3, -0.25) is 9.59 Å². The highest BCUT2D eigenvalue weighted by molar-refractivity contribution is 5.96. The number of rotatable bonds is 8. The molecule has 2 N–H and O–H groups in total. The summed E-state index contributed by atoms with van der Waals surface area (Å²) < 4.78 is 5.76. The molecule has 1 aliphatic heterocycles. The summed E-state index contributed by atoms with van der Waals surface area (Å²) in [6, 6.07) is 6.66. The topological polar surface area (TPSA) is 67.4 Å². The van der Waals surface area contributed by atoms with Crippen LogP contribution in [0.4, 0.5) is 0 Å². The maximum absolute atomic E-state index is 12.0. The molecule has 0 radical (unpaired) electrons. The Hall–Kier alpha value is -2.56. The van der Waals surface area contributed by atoms with Gasteiger partial charge in [-0.05, 0) is 64.3 Å². The maximum atomic E-state index is 12.0. The minimum absolute atomic E-state index is 0.142. The first-order valence-electron chi connectivity index (χ1n) is 9.46. The third kappa shape index (κ3) is 6.93. The van der Waals surface area contributed by atoms with E-state index < -0.39 is 12.1 Å². The summed E-state index contributed by atoms with van der Waals surface area (Å²) in [5.74, 6) is 0.500. The fourth-order valence-corrected chi connectivity index (χ4v) is 2.81. The first kappa shape index (κ1) is 20.7. The van der Waals surface area contributed by atoms with Crippen LogP contribution in [0.1, 0.15) is 46.1 Å². The summed E-state index contributed by atoms with van der Waals surface area (Å²) in [5, 5.41) is 5.44. The molecule has 146 valence electrons. The second kappa shape index (κ2) is 9.95. The van der Waals surface area contributed by atoms with Crippen LogP contribution >= 0.6 is 0 Å². The Balaban J connectivity index is 1.80. The number of ether oxygens (including phenoxy) is 1. The minimum atomic E-state index is -0.521. The van der Waals surface area contributed by atoms with Crippen molar-refractivity contribution in [2.24, 2.45) is 0 Å². The van der Waals surface area contributed by atoms with E-state index in [1.165, 1.54) is 11.1 Å². The highest BCUT2D eigenvalue weighted by Gasteiger charge is 2.30. The molecule has 1 aromatic carbocycles. The van der Waals surface area contributed by atoms with Crippen molar-refractivity contribution in [3.8, 4) is 5.75 Å². The standard InChI is InChI=1S/C22H30N2O3/c1-15(2)6-5-7-16(3)12-13-27-19-10-8-18(9-11-19)14-20-22(26)23-17(4)21(25)24-20/h6,8-12,17,20H,5,7,13-14H2,1-4H3,(H,23,26)(H,24,25)/t17-,20-/m0/s1. The molecule has 2 atom stereocenters.